The second-order valence-corrected chi connectivity index (χ2v) is 7.61. The lowest BCUT2D eigenvalue weighted by Crippen LogP contribution is -2.23. The van der Waals surface area contributed by atoms with E-state index in [2.05, 4.69) is 46.1 Å². The van der Waals surface area contributed by atoms with Crippen LogP contribution < -0.4 is 5.73 Å². The lowest BCUT2D eigenvalue weighted by molar-refractivity contribution is 0.314. The minimum absolute atomic E-state index is 0.0810. The molecule has 1 unspecified atom stereocenters. The Hall–Kier alpha value is -0.390. The van der Waals surface area contributed by atoms with Crippen molar-refractivity contribution in [3.63, 3.8) is 0 Å². The zero-order chi connectivity index (χ0) is 14.5. The number of thiophene rings is 1. The Bertz CT molecular complexity index is 541. The lowest BCUT2D eigenvalue weighted by Gasteiger charge is -2.19. The van der Waals surface area contributed by atoms with E-state index in [0.717, 1.165) is 28.3 Å². The van der Waals surface area contributed by atoms with Gasteiger partial charge in [0.2, 0.25) is 0 Å². The Labute approximate surface area is 137 Å². The monoisotopic (exact) mass is 372 g/mol. The third-order valence-corrected chi connectivity index (χ3v) is 4.92. The second-order valence-electron chi connectivity index (χ2n) is 4.89. The fourth-order valence-electron chi connectivity index (χ4n) is 2.02. The van der Waals surface area contributed by atoms with Crippen LogP contribution in [0.3, 0.4) is 0 Å². The first-order valence-corrected chi connectivity index (χ1v) is 8.47. The molecule has 2 aromatic rings. The van der Waals surface area contributed by atoms with Crippen molar-refractivity contribution in [2.45, 2.75) is 19.0 Å². The summed E-state index contributed by atoms with van der Waals surface area (Å²) in [5.74, 6) is 0. The van der Waals surface area contributed by atoms with Crippen molar-refractivity contribution in [2.75, 3.05) is 13.6 Å². The van der Waals surface area contributed by atoms with Crippen LogP contribution in [-0.4, -0.2) is 18.5 Å². The molecule has 0 aliphatic heterocycles. The van der Waals surface area contributed by atoms with Gasteiger partial charge in [0, 0.05) is 28.5 Å². The largest absolute Gasteiger partial charge is 0.324 e. The van der Waals surface area contributed by atoms with Crippen molar-refractivity contribution in [3.05, 3.63) is 55.6 Å². The van der Waals surface area contributed by atoms with Crippen LogP contribution in [0.5, 0.6) is 0 Å². The minimum atomic E-state index is 0.0810. The highest BCUT2D eigenvalue weighted by molar-refractivity contribution is 9.10. The van der Waals surface area contributed by atoms with Gasteiger partial charge in [-0.15, -0.1) is 11.3 Å². The van der Waals surface area contributed by atoms with Crippen molar-refractivity contribution in [3.8, 4) is 0 Å². The van der Waals surface area contributed by atoms with E-state index in [1.54, 1.807) is 11.3 Å². The molecule has 2 N–H and O–H groups in total. The van der Waals surface area contributed by atoms with Gasteiger partial charge in [-0.3, -0.25) is 0 Å². The molecule has 1 atom stereocenters. The molecule has 0 saturated carbocycles. The molecule has 0 bridgehead atoms. The smallest absolute Gasteiger partial charge is 0.0931 e. The molecule has 1 heterocycles. The molecule has 108 valence electrons. The van der Waals surface area contributed by atoms with E-state index in [1.807, 2.05) is 18.2 Å². The molecule has 1 aromatic carbocycles. The normalized spacial score (nSPS) is 12.8. The number of hydrogen-bond acceptors (Lipinski definition) is 3. The third-order valence-electron chi connectivity index (χ3n) is 3.17. The number of halogens is 2. The summed E-state index contributed by atoms with van der Waals surface area (Å²) in [4.78, 5) is 3.57. The molecule has 0 radical (unpaired) electrons. The standard InChI is InChI=1S/C15H18BrClN2S/c1-19(10-13-6-7-15(17)20-13)9-8-14(18)11-2-4-12(16)5-3-11/h2-7,14H,8-10,18H2,1H3. The van der Waals surface area contributed by atoms with Crippen LogP contribution in [0.1, 0.15) is 22.9 Å². The maximum Gasteiger partial charge on any atom is 0.0931 e. The number of benzene rings is 1. The average molecular weight is 374 g/mol. The van der Waals surface area contributed by atoms with Gasteiger partial charge in [-0.25, -0.2) is 0 Å². The molecular formula is C15H18BrClN2S. The summed E-state index contributed by atoms with van der Waals surface area (Å²) < 4.78 is 1.93. The fraction of sp³-hybridized carbons (Fsp3) is 0.333. The van der Waals surface area contributed by atoms with E-state index >= 15 is 0 Å². The Morgan fingerprint density at radius 1 is 1.25 bits per heavy atom. The summed E-state index contributed by atoms with van der Waals surface area (Å²) in [6.45, 7) is 1.89. The van der Waals surface area contributed by atoms with E-state index in [9.17, 15) is 0 Å². The molecule has 0 fully saturated rings. The number of rotatable bonds is 6. The Balaban J connectivity index is 1.80. The Morgan fingerprint density at radius 2 is 1.95 bits per heavy atom. The Morgan fingerprint density at radius 3 is 2.55 bits per heavy atom. The fourth-order valence-corrected chi connectivity index (χ4v) is 3.45. The molecular weight excluding hydrogens is 356 g/mol. The molecule has 0 saturated heterocycles. The molecule has 0 amide bonds. The zero-order valence-corrected chi connectivity index (χ0v) is 14.5. The molecule has 0 spiro atoms. The molecule has 5 heteroatoms. The maximum absolute atomic E-state index is 6.23. The van der Waals surface area contributed by atoms with Crippen LogP contribution in [0.4, 0.5) is 0 Å². The van der Waals surface area contributed by atoms with Gasteiger partial charge in [0.1, 0.15) is 0 Å². The average Bonchev–Trinajstić information content (AvgIpc) is 2.82. The van der Waals surface area contributed by atoms with E-state index in [0.29, 0.717) is 0 Å². The van der Waals surface area contributed by atoms with Crippen molar-refractivity contribution in [1.29, 1.82) is 0 Å². The van der Waals surface area contributed by atoms with Gasteiger partial charge in [0.15, 0.2) is 0 Å². The Kier molecular flexibility index (Phi) is 6.05. The summed E-state index contributed by atoms with van der Waals surface area (Å²) in [5, 5.41) is 0. The highest BCUT2D eigenvalue weighted by atomic mass is 79.9. The maximum atomic E-state index is 6.23. The van der Waals surface area contributed by atoms with Crippen molar-refractivity contribution in [1.82, 2.24) is 4.90 Å². The molecule has 0 aliphatic rings. The van der Waals surface area contributed by atoms with Crippen LogP contribution in [0, 0.1) is 0 Å². The first-order valence-electron chi connectivity index (χ1n) is 6.48. The van der Waals surface area contributed by atoms with E-state index in [-0.39, 0.29) is 6.04 Å². The first kappa shape index (κ1) is 16.0. The second kappa shape index (κ2) is 7.57. The molecule has 2 rings (SSSR count). The van der Waals surface area contributed by atoms with Crippen molar-refractivity contribution >= 4 is 38.9 Å². The molecule has 0 aliphatic carbocycles. The minimum Gasteiger partial charge on any atom is -0.324 e. The summed E-state index contributed by atoms with van der Waals surface area (Å²) in [7, 11) is 2.11. The predicted molar refractivity (Wildman–Crippen MR) is 91.4 cm³/mol. The van der Waals surface area contributed by atoms with Crippen LogP contribution in [0.15, 0.2) is 40.9 Å². The van der Waals surface area contributed by atoms with Gasteiger partial charge < -0.3 is 10.6 Å². The molecule has 20 heavy (non-hydrogen) atoms. The van der Waals surface area contributed by atoms with Gasteiger partial charge in [0.05, 0.1) is 4.34 Å². The van der Waals surface area contributed by atoms with Gasteiger partial charge in [-0.2, -0.15) is 0 Å². The van der Waals surface area contributed by atoms with Crippen molar-refractivity contribution in [2.24, 2.45) is 5.73 Å². The quantitative estimate of drug-likeness (QED) is 0.796. The summed E-state index contributed by atoms with van der Waals surface area (Å²) >= 11 is 11.0. The predicted octanol–water partition coefficient (Wildman–Crippen LogP) is 4.69. The number of nitrogens with zero attached hydrogens (tertiary/aromatic N) is 1. The zero-order valence-electron chi connectivity index (χ0n) is 11.4. The lowest BCUT2D eigenvalue weighted by atomic mass is 10.0. The highest BCUT2D eigenvalue weighted by Crippen LogP contribution is 2.23. The van der Waals surface area contributed by atoms with Gasteiger partial charge in [-0.05, 0) is 43.3 Å². The first-order chi connectivity index (χ1) is 9.54. The summed E-state index contributed by atoms with van der Waals surface area (Å²) in [5.41, 5.74) is 7.41. The molecule has 2 nitrogen and oxygen atoms in total. The summed E-state index contributed by atoms with van der Waals surface area (Å²) in [6, 6.07) is 12.3. The van der Waals surface area contributed by atoms with Gasteiger partial charge in [-0.1, -0.05) is 39.7 Å². The van der Waals surface area contributed by atoms with E-state index in [1.165, 1.54) is 10.4 Å². The van der Waals surface area contributed by atoms with Gasteiger partial charge >= 0.3 is 0 Å². The highest BCUT2D eigenvalue weighted by Gasteiger charge is 2.09. The topological polar surface area (TPSA) is 29.3 Å². The third kappa shape index (κ3) is 4.86. The van der Waals surface area contributed by atoms with Crippen LogP contribution in [-0.2, 0) is 6.54 Å². The van der Waals surface area contributed by atoms with Crippen LogP contribution in [0.2, 0.25) is 4.34 Å². The number of hydrogen-bond donors (Lipinski definition) is 1. The number of nitrogens with two attached hydrogens (primary N) is 1. The van der Waals surface area contributed by atoms with Crippen molar-refractivity contribution < 1.29 is 0 Å². The van der Waals surface area contributed by atoms with E-state index in [4.69, 9.17) is 17.3 Å². The van der Waals surface area contributed by atoms with Gasteiger partial charge in [0.25, 0.3) is 0 Å². The SMILES string of the molecule is CN(CCC(N)c1ccc(Br)cc1)Cc1ccc(Cl)s1. The van der Waals surface area contributed by atoms with E-state index < -0.39 is 0 Å². The van der Waals surface area contributed by atoms with Crippen LogP contribution in [0.25, 0.3) is 0 Å². The van der Waals surface area contributed by atoms with Crippen LogP contribution >= 0.6 is 38.9 Å². The summed E-state index contributed by atoms with van der Waals surface area (Å²) in [6.07, 6.45) is 0.942. The molecule has 1 aromatic heterocycles.